The SMILES string of the molecule is CC1CC2C(=O)N(c3cccc(Cl)c3C(=O)O)C(=O)C2C1. The second-order valence-electron chi connectivity index (χ2n) is 5.74. The van der Waals surface area contributed by atoms with Crippen LogP contribution in [0.2, 0.25) is 5.02 Å². The maximum Gasteiger partial charge on any atom is 0.339 e. The van der Waals surface area contributed by atoms with E-state index in [4.69, 9.17) is 11.6 Å². The van der Waals surface area contributed by atoms with Crippen LogP contribution in [0.15, 0.2) is 18.2 Å². The molecule has 1 heterocycles. The first-order chi connectivity index (χ1) is 9.91. The molecule has 1 saturated heterocycles. The summed E-state index contributed by atoms with van der Waals surface area (Å²) < 4.78 is 0. The van der Waals surface area contributed by atoms with Crippen molar-refractivity contribution in [3.05, 3.63) is 28.8 Å². The Kier molecular flexibility index (Phi) is 3.24. The molecule has 1 aliphatic carbocycles. The summed E-state index contributed by atoms with van der Waals surface area (Å²) in [5.41, 5.74) is -0.124. The predicted molar refractivity (Wildman–Crippen MR) is 76.3 cm³/mol. The molecule has 110 valence electrons. The van der Waals surface area contributed by atoms with Crippen molar-refractivity contribution in [2.24, 2.45) is 17.8 Å². The molecule has 2 unspecified atom stereocenters. The van der Waals surface area contributed by atoms with Gasteiger partial charge in [0.1, 0.15) is 5.56 Å². The monoisotopic (exact) mass is 307 g/mol. The number of carbonyl (C=O) groups is 3. The quantitative estimate of drug-likeness (QED) is 0.852. The number of imide groups is 1. The van der Waals surface area contributed by atoms with Gasteiger partial charge in [-0.25, -0.2) is 9.69 Å². The van der Waals surface area contributed by atoms with Crippen molar-refractivity contribution in [3.63, 3.8) is 0 Å². The maximum atomic E-state index is 12.5. The molecule has 2 amide bonds. The summed E-state index contributed by atoms with van der Waals surface area (Å²) in [4.78, 5) is 37.4. The summed E-state index contributed by atoms with van der Waals surface area (Å²) in [6.07, 6.45) is 1.35. The molecule has 0 bridgehead atoms. The highest BCUT2D eigenvalue weighted by molar-refractivity contribution is 6.35. The molecule has 1 aliphatic heterocycles. The van der Waals surface area contributed by atoms with Crippen LogP contribution >= 0.6 is 11.6 Å². The van der Waals surface area contributed by atoms with E-state index >= 15 is 0 Å². The van der Waals surface area contributed by atoms with Gasteiger partial charge in [-0.3, -0.25) is 9.59 Å². The van der Waals surface area contributed by atoms with E-state index in [1.165, 1.54) is 12.1 Å². The predicted octanol–water partition coefficient (Wildman–Crippen LogP) is 2.57. The minimum atomic E-state index is -1.25. The highest BCUT2D eigenvalue weighted by Gasteiger charge is 2.52. The van der Waals surface area contributed by atoms with Gasteiger partial charge in [0.2, 0.25) is 11.8 Å². The number of nitrogens with zero attached hydrogens (tertiary/aromatic N) is 1. The normalized spacial score (nSPS) is 28.1. The van der Waals surface area contributed by atoms with Crippen molar-refractivity contribution in [2.75, 3.05) is 4.90 Å². The van der Waals surface area contributed by atoms with Gasteiger partial charge in [-0.15, -0.1) is 0 Å². The number of carboxylic acids is 1. The summed E-state index contributed by atoms with van der Waals surface area (Å²) in [5.74, 6) is -2.17. The number of halogens is 1. The van der Waals surface area contributed by atoms with E-state index in [0.29, 0.717) is 18.8 Å². The average Bonchev–Trinajstić information content (AvgIpc) is 2.88. The van der Waals surface area contributed by atoms with E-state index in [1.807, 2.05) is 6.92 Å². The average molecular weight is 308 g/mol. The Balaban J connectivity index is 2.07. The first kappa shape index (κ1) is 14.1. The molecule has 1 aromatic rings. The van der Waals surface area contributed by atoms with E-state index in [2.05, 4.69) is 0 Å². The number of aromatic carboxylic acids is 1. The zero-order valence-electron chi connectivity index (χ0n) is 11.4. The standard InChI is InChI=1S/C15H14ClNO4/c1-7-5-8-9(6-7)14(19)17(13(8)18)11-4-2-3-10(16)12(11)15(20)21/h2-4,7-9H,5-6H2,1H3,(H,20,21). The van der Waals surface area contributed by atoms with Crippen molar-refractivity contribution in [3.8, 4) is 0 Å². The maximum absolute atomic E-state index is 12.5. The van der Waals surface area contributed by atoms with E-state index < -0.39 is 5.97 Å². The van der Waals surface area contributed by atoms with Gasteiger partial charge in [0.05, 0.1) is 22.5 Å². The Morgan fingerprint density at radius 1 is 1.24 bits per heavy atom. The zero-order chi connectivity index (χ0) is 15.3. The van der Waals surface area contributed by atoms with Crippen LogP contribution in [0, 0.1) is 17.8 Å². The number of hydrogen-bond donors (Lipinski definition) is 1. The highest BCUT2D eigenvalue weighted by atomic mass is 35.5. The van der Waals surface area contributed by atoms with E-state index in [-0.39, 0.29) is 39.9 Å². The second-order valence-corrected chi connectivity index (χ2v) is 6.15. The number of rotatable bonds is 2. The largest absolute Gasteiger partial charge is 0.478 e. The van der Waals surface area contributed by atoms with Gasteiger partial charge >= 0.3 is 5.97 Å². The molecule has 3 rings (SSSR count). The summed E-state index contributed by atoms with van der Waals surface area (Å²) in [5, 5.41) is 9.31. The van der Waals surface area contributed by atoms with Crippen LogP contribution in [-0.4, -0.2) is 22.9 Å². The van der Waals surface area contributed by atoms with Gasteiger partial charge < -0.3 is 5.11 Å². The molecular formula is C15H14ClNO4. The molecule has 1 saturated carbocycles. The number of amides is 2. The summed E-state index contributed by atoms with van der Waals surface area (Å²) in [7, 11) is 0. The molecule has 1 aromatic carbocycles. The van der Waals surface area contributed by atoms with Crippen LogP contribution in [0.4, 0.5) is 5.69 Å². The lowest BCUT2D eigenvalue weighted by Crippen LogP contribution is -2.33. The Morgan fingerprint density at radius 3 is 2.33 bits per heavy atom. The van der Waals surface area contributed by atoms with Crippen LogP contribution in [0.25, 0.3) is 0 Å². The Bertz CT molecular complexity index is 633. The van der Waals surface area contributed by atoms with Crippen LogP contribution < -0.4 is 4.90 Å². The van der Waals surface area contributed by atoms with Crippen molar-refractivity contribution < 1.29 is 19.5 Å². The third-order valence-electron chi connectivity index (χ3n) is 4.32. The van der Waals surface area contributed by atoms with Crippen LogP contribution in [0.3, 0.4) is 0 Å². The van der Waals surface area contributed by atoms with Gasteiger partial charge in [-0.05, 0) is 30.9 Å². The topological polar surface area (TPSA) is 74.7 Å². The molecule has 2 aliphatic rings. The minimum absolute atomic E-state index is 0.0195. The zero-order valence-corrected chi connectivity index (χ0v) is 12.1. The fraction of sp³-hybridized carbons (Fsp3) is 0.400. The number of carbonyl (C=O) groups excluding carboxylic acids is 2. The van der Waals surface area contributed by atoms with Gasteiger partial charge in [0, 0.05) is 0 Å². The number of hydrogen-bond acceptors (Lipinski definition) is 3. The molecule has 21 heavy (non-hydrogen) atoms. The summed E-state index contributed by atoms with van der Waals surface area (Å²) in [6.45, 7) is 2.02. The number of anilines is 1. The molecule has 2 atom stereocenters. The number of fused-ring (bicyclic) bond motifs is 1. The van der Waals surface area contributed by atoms with Crippen LogP contribution in [-0.2, 0) is 9.59 Å². The Hall–Kier alpha value is -1.88. The molecule has 0 radical (unpaired) electrons. The third kappa shape index (κ3) is 2.03. The van der Waals surface area contributed by atoms with Crippen molar-refractivity contribution in [1.82, 2.24) is 0 Å². The first-order valence-corrected chi connectivity index (χ1v) is 7.19. The second kappa shape index (κ2) is 4.84. The van der Waals surface area contributed by atoms with Crippen molar-refractivity contribution in [1.29, 1.82) is 0 Å². The molecule has 0 aromatic heterocycles. The van der Waals surface area contributed by atoms with E-state index in [9.17, 15) is 19.5 Å². The molecule has 5 nitrogen and oxygen atoms in total. The molecule has 2 fully saturated rings. The van der Waals surface area contributed by atoms with Gasteiger partial charge in [0.25, 0.3) is 0 Å². The fourth-order valence-corrected chi connectivity index (χ4v) is 3.68. The summed E-state index contributed by atoms with van der Waals surface area (Å²) >= 11 is 5.91. The number of benzene rings is 1. The fourth-order valence-electron chi connectivity index (χ4n) is 3.43. The van der Waals surface area contributed by atoms with Crippen molar-refractivity contribution in [2.45, 2.75) is 19.8 Å². The molecule has 6 heteroatoms. The first-order valence-electron chi connectivity index (χ1n) is 6.81. The van der Waals surface area contributed by atoms with E-state index in [0.717, 1.165) is 4.90 Å². The van der Waals surface area contributed by atoms with Crippen molar-refractivity contribution >= 4 is 35.1 Å². The molecule has 1 N–H and O–H groups in total. The minimum Gasteiger partial charge on any atom is -0.478 e. The highest BCUT2D eigenvalue weighted by Crippen LogP contribution is 2.45. The van der Waals surface area contributed by atoms with Gasteiger partial charge in [0.15, 0.2) is 0 Å². The smallest absolute Gasteiger partial charge is 0.339 e. The third-order valence-corrected chi connectivity index (χ3v) is 4.63. The summed E-state index contributed by atoms with van der Waals surface area (Å²) in [6, 6.07) is 4.43. The molecule has 0 spiro atoms. The van der Waals surface area contributed by atoms with Crippen LogP contribution in [0.1, 0.15) is 30.1 Å². The van der Waals surface area contributed by atoms with Gasteiger partial charge in [-0.2, -0.15) is 0 Å². The number of carboxylic acid groups (broad SMARTS) is 1. The van der Waals surface area contributed by atoms with E-state index in [1.54, 1.807) is 6.07 Å². The lowest BCUT2D eigenvalue weighted by molar-refractivity contribution is -0.123. The van der Waals surface area contributed by atoms with Crippen LogP contribution in [0.5, 0.6) is 0 Å². The lowest BCUT2D eigenvalue weighted by atomic mass is 10.00. The Labute approximate surface area is 126 Å². The Morgan fingerprint density at radius 2 is 1.81 bits per heavy atom. The molecular weight excluding hydrogens is 294 g/mol. The lowest BCUT2D eigenvalue weighted by Gasteiger charge is -2.19. The van der Waals surface area contributed by atoms with Gasteiger partial charge in [-0.1, -0.05) is 24.6 Å².